The van der Waals surface area contributed by atoms with Gasteiger partial charge in [0, 0.05) is 13.1 Å². The van der Waals surface area contributed by atoms with Crippen molar-refractivity contribution in [3.05, 3.63) is 23.5 Å². The van der Waals surface area contributed by atoms with Gasteiger partial charge in [0.1, 0.15) is 0 Å². The summed E-state index contributed by atoms with van der Waals surface area (Å²) in [6, 6.07) is 0.865. The summed E-state index contributed by atoms with van der Waals surface area (Å²) in [4.78, 5) is 14.3. The predicted octanol–water partition coefficient (Wildman–Crippen LogP) is 2.37. The van der Waals surface area contributed by atoms with Crippen LogP contribution in [0.25, 0.3) is 0 Å². The third-order valence-corrected chi connectivity index (χ3v) is 1.72. The molecule has 0 saturated carbocycles. The molecule has 15 heavy (non-hydrogen) atoms. The van der Waals surface area contributed by atoms with Crippen LogP contribution in [0, 0.1) is 6.92 Å². The van der Waals surface area contributed by atoms with Crippen molar-refractivity contribution in [1.82, 2.24) is 4.98 Å². The summed E-state index contributed by atoms with van der Waals surface area (Å²) < 4.78 is 36.9. The molecule has 6 heteroatoms. The van der Waals surface area contributed by atoms with E-state index >= 15 is 0 Å². The molecule has 3 nitrogen and oxygen atoms in total. The summed E-state index contributed by atoms with van der Waals surface area (Å²) in [7, 11) is 0. The fourth-order valence-corrected chi connectivity index (χ4v) is 1.00. The maximum atomic E-state index is 12.3. The zero-order valence-corrected chi connectivity index (χ0v) is 8.14. The Balaban J connectivity index is 3.11. The first-order chi connectivity index (χ1) is 6.80. The summed E-state index contributed by atoms with van der Waals surface area (Å²) >= 11 is 0. The monoisotopic (exact) mass is 218 g/mol. The van der Waals surface area contributed by atoms with Crippen LogP contribution in [-0.4, -0.2) is 10.9 Å². The molecule has 0 unspecified atom stereocenters. The lowest BCUT2D eigenvalue weighted by molar-refractivity contribution is -0.137. The lowest BCUT2D eigenvalue weighted by Gasteiger charge is -2.10. The zero-order chi connectivity index (χ0) is 11.6. The minimum atomic E-state index is -4.45. The standard InChI is InChI=1S/C9H9F3N2O/c1-5-8(14-6(2)15)3-7(4-13-5)9(10,11)12/h3-4H,1-2H3,(H,14,15). The number of pyridine rings is 1. The van der Waals surface area contributed by atoms with Gasteiger partial charge in [0.25, 0.3) is 0 Å². The van der Waals surface area contributed by atoms with E-state index in [2.05, 4.69) is 10.3 Å². The van der Waals surface area contributed by atoms with Gasteiger partial charge in [-0.25, -0.2) is 0 Å². The third-order valence-electron chi connectivity index (χ3n) is 1.72. The average Bonchev–Trinajstić information content (AvgIpc) is 2.06. The normalized spacial score (nSPS) is 11.3. The van der Waals surface area contributed by atoms with Crippen LogP contribution in [0.3, 0.4) is 0 Å². The fourth-order valence-electron chi connectivity index (χ4n) is 1.00. The second-order valence-electron chi connectivity index (χ2n) is 3.04. The van der Waals surface area contributed by atoms with Gasteiger partial charge in [0.2, 0.25) is 5.91 Å². The van der Waals surface area contributed by atoms with Crippen LogP contribution in [0.15, 0.2) is 12.3 Å². The number of rotatable bonds is 1. The van der Waals surface area contributed by atoms with E-state index in [1.54, 1.807) is 0 Å². The molecule has 0 spiro atoms. The van der Waals surface area contributed by atoms with Crippen LogP contribution in [-0.2, 0) is 11.0 Å². The van der Waals surface area contributed by atoms with E-state index in [4.69, 9.17) is 0 Å². The van der Waals surface area contributed by atoms with E-state index in [0.29, 0.717) is 5.69 Å². The maximum absolute atomic E-state index is 12.3. The highest BCUT2D eigenvalue weighted by Gasteiger charge is 2.31. The lowest BCUT2D eigenvalue weighted by Crippen LogP contribution is -2.11. The minimum Gasteiger partial charge on any atom is -0.325 e. The average molecular weight is 218 g/mol. The molecule has 0 aromatic carbocycles. The third kappa shape index (κ3) is 2.93. The molecule has 1 heterocycles. The van der Waals surface area contributed by atoms with Crippen molar-refractivity contribution >= 4 is 11.6 Å². The number of hydrogen-bond donors (Lipinski definition) is 1. The second kappa shape index (κ2) is 3.88. The summed E-state index contributed by atoms with van der Waals surface area (Å²) in [5, 5.41) is 2.28. The van der Waals surface area contributed by atoms with Crippen LogP contribution in [0.4, 0.5) is 18.9 Å². The van der Waals surface area contributed by atoms with Crippen LogP contribution in [0.1, 0.15) is 18.2 Å². The Kier molecular flexibility index (Phi) is 2.97. The highest BCUT2D eigenvalue weighted by molar-refractivity contribution is 5.89. The molecule has 0 radical (unpaired) electrons. The number of carbonyl (C=O) groups is 1. The van der Waals surface area contributed by atoms with Gasteiger partial charge in [-0.2, -0.15) is 13.2 Å². The Bertz CT molecular complexity index is 387. The van der Waals surface area contributed by atoms with Crippen LogP contribution in [0.2, 0.25) is 0 Å². The molecule has 0 atom stereocenters. The number of hydrogen-bond acceptors (Lipinski definition) is 2. The second-order valence-corrected chi connectivity index (χ2v) is 3.04. The predicted molar refractivity (Wildman–Crippen MR) is 48.3 cm³/mol. The van der Waals surface area contributed by atoms with Gasteiger partial charge < -0.3 is 5.32 Å². The molecule has 0 bridgehead atoms. The zero-order valence-electron chi connectivity index (χ0n) is 8.14. The maximum Gasteiger partial charge on any atom is 0.417 e. The quantitative estimate of drug-likeness (QED) is 0.786. The molecule has 82 valence electrons. The molecule has 1 aromatic rings. The highest BCUT2D eigenvalue weighted by Crippen LogP contribution is 2.30. The number of amides is 1. The molecule has 1 amide bonds. The summed E-state index contributed by atoms with van der Waals surface area (Å²) in [5.41, 5.74) is -0.452. The number of halogens is 3. The Morgan fingerprint density at radius 2 is 2.07 bits per heavy atom. The number of anilines is 1. The van der Waals surface area contributed by atoms with Gasteiger partial charge in [-0.15, -0.1) is 0 Å². The van der Waals surface area contributed by atoms with Crippen molar-refractivity contribution in [3.8, 4) is 0 Å². The van der Waals surface area contributed by atoms with E-state index in [1.807, 2.05) is 0 Å². The van der Waals surface area contributed by atoms with Crippen molar-refractivity contribution in [2.45, 2.75) is 20.0 Å². The van der Waals surface area contributed by atoms with E-state index in [9.17, 15) is 18.0 Å². The molecular weight excluding hydrogens is 209 g/mol. The van der Waals surface area contributed by atoms with Crippen molar-refractivity contribution in [2.75, 3.05) is 5.32 Å². The number of nitrogens with zero attached hydrogens (tertiary/aromatic N) is 1. The SMILES string of the molecule is CC(=O)Nc1cc(C(F)(F)F)cnc1C. The fraction of sp³-hybridized carbons (Fsp3) is 0.333. The van der Waals surface area contributed by atoms with Crippen molar-refractivity contribution in [3.63, 3.8) is 0 Å². The molecule has 0 aliphatic heterocycles. The molecule has 1 N–H and O–H groups in total. The van der Waals surface area contributed by atoms with Gasteiger partial charge in [0.15, 0.2) is 0 Å². The topological polar surface area (TPSA) is 42.0 Å². The van der Waals surface area contributed by atoms with Crippen molar-refractivity contribution in [1.29, 1.82) is 0 Å². The molecular formula is C9H9F3N2O. The number of carbonyl (C=O) groups excluding carboxylic acids is 1. The van der Waals surface area contributed by atoms with E-state index < -0.39 is 17.6 Å². The molecule has 0 fully saturated rings. The van der Waals surface area contributed by atoms with Crippen LogP contribution >= 0.6 is 0 Å². The highest BCUT2D eigenvalue weighted by atomic mass is 19.4. The summed E-state index contributed by atoms with van der Waals surface area (Å²) in [6.45, 7) is 2.74. The number of nitrogens with one attached hydrogen (secondary N) is 1. The number of alkyl halides is 3. The Labute approximate surface area is 84.3 Å². The first kappa shape index (κ1) is 11.5. The largest absolute Gasteiger partial charge is 0.417 e. The van der Waals surface area contributed by atoms with Crippen LogP contribution < -0.4 is 5.32 Å². The molecule has 1 aromatic heterocycles. The van der Waals surface area contributed by atoms with Gasteiger partial charge in [-0.05, 0) is 13.0 Å². The lowest BCUT2D eigenvalue weighted by atomic mass is 10.2. The van der Waals surface area contributed by atoms with Gasteiger partial charge in [0.05, 0.1) is 16.9 Å². The molecule has 0 aliphatic carbocycles. The van der Waals surface area contributed by atoms with Gasteiger partial charge in [-0.1, -0.05) is 0 Å². The van der Waals surface area contributed by atoms with Gasteiger partial charge in [-0.3, -0.25) is 9.78 Å². The first-order valence-corrected chi connectivity index (χ1v) is 4.12. The van der Waals surface area contributed by atoms with Crippen LogP contribution in [0.5, 0.6) is 0 Å². The van der Waals surface area contributed by atoms with E-state index in [-0.39, 0.29) is 5.69 Å². The van der Waals surface area contributed by atoms with E-state index in [1.165, 1.54) is 13.8 Å². The van der Waals surface area contributed by atoms with Gasteiger partial charge >= 0.3 is 6.18 Å². The molecule has 1 rings (SSSR count). The Morgan fingerprint density at radius 3 is 2.53 bits per heavy atom. The Hall–Kier alpha value is -1.59. The number of aromatic nitrogens is 1. The van der Waals surface area contributed by atoms with Crippen molar-refractivity contribution < 1.29 is 18.0 Å². The minimum absolute atomic E-state index is 0.0809. The van der Waals surface area contributed by atoms with Crippen molar-refractivity contribution in [2.24, 2.45) is 0 Å². The smallest absolute Gasteiger partial charge is 0.325 e. The molecule has 0 aliphatic rings. The summed E-state index contributed by atoms with van der Waals surface area (Å²) in [5.74, 6) is -0.431. The first-order valence-electron chi connectivity index (χ1n) is 4.12. The number of aryl methyl sites for hydroxylation is 1. The summed E-state index contributed by atoms with van der Waals surface area (Å²) in [6.07, 6.45) is -3.71. The molecule has 0 saturated heterocycles. The Morgan fingerprint density at radius 1 is 1.47 bits per heavy atom. The van der Waals surface area contributed by atoms with E-state index in [0.717, 1.165) is 12.3 Å².